The smallest absolute Gasteiger partial charge is 0.339 e. The summed E-state index contributed by atoms with van der Waals surface area (Å²) in [5, 5.41) is 2.56. The number of hydrogen-bond donors (Lipinski definition) is 1. The summed E-state index contributed by atoms with van der Waals surface area (Å²) in [4.78, 5) is 36.1. The van der Waals surface area contributed by atoms with Gasteiger partial charge in [-0.2, -0.15) is 0 Å². The average molecular weight is 413 g/mol. The van der Waals surface area contributed by atoms with Crippen molar-refractivity contribution >= 4 is 23.5 Å². The lowest BCUT2D eigenvalue weighted by atomic mass is 10.1. The van der Waals surface area contributed by atoms with E-state index in [4.69, 9.17) is 14.2 Å². The Hall–Kier alpha value is -3.81. The first-order chi connectivity index (χ1) is 14.4. The number of nitrogens with one attached hydrogen (secondary N) is 1. The van der Waals surface area contributed by atoms with E-state index in [0.717, 1.165) is 5.56 Å². The molecule has 2 aromatic carbocycles. The van der Waals surface area contributed by atoms with Crippen molar-refractivity contribution in [3.05, 3.63) is 65.7 Å². The van der Waals surface area contributed by atoms with Gasteiger partial charge in [0.1, 0.15) is 0 Å². The zero-order chi connectivity index (χ0) is 22.1. The van der Waals surface area contributed by atoms with Crippen molar-refractivity contribution in [2.45, 2.75) is 6.42 Å². The number of amides is 1. The second-order valence-corrected chi connectivity index (χ2v) is 6.06. The van der Waals surface area contributed by atoms with Gasteiger partial charge in [0, 0.05) is 0 Å². The molecule has 0 radical (unpaired) electrons. The first kappa shape index (κ1) is 22.5. The average Bonchev–Trinajstić information content (AvgIpc) is 2.77. The van der Waals surface area contributed by atoms with E-state index in [1.54, 1.807) is 18.2 Å². The van der Waals surface area contributed by atoms with Crippen molar-refractivity contribution < 1.29 is 33.3 Å². The van der Waals surface area contributed by atoms with Crippen molar-refractivity contribution in [2.24, 2.45) is 0 Å². The van der Waals surface area contributed by atoms with E-state index in [1.807, 2.05) is 6.07 Å². The fourth-order valence-electron chi connectivity index (χ4n) is 2.63. The minimum atomic E-state index is -0.665. The van der Waals surface area contributed by atoms with Crippen LogP contribution in [0.1, 0.15) is 26.3 Å². The van der Waals surface area contributed by atoms with E-state index >= 15 is 0 Å². The number of ether oxygens (including phenoxy) is 4. The van der Waals surface area contributed by atoms with E-state index in [1.165, 1.54) is 39.5 Å². The predicted molar refractivity (Wildman–Crippen MR) is 110 cm³/mol. The van der Waals surface area contributed by atoms with Gasteiger partial charge in [0.2, 0.25) is 0 Å². The summed E-state index contributed by atoms with van der Waals surface area (Å²) in [5.41, 5.74) is 1.35. The molecule has 8 nitrogen and oxygen atoms in total. The number of hydrogen-bond acceptors (Lipinski definition) is 7. The number of esters is 2. The molecule has 1 amide bonds. The Morgan fingerprint density at radius 3 is 2.33 bits per heavy atom. The normalized spacial score (nSPS) is 9.97. The number of methoxy groups -OCH3 is 3. The van der Waals surface area contributed by atoms with E-state index < -0.39 is 17.8 Å². The molecule has 0 unspecified atom stereocenters. The minimum Gasteiger partial charge on any atom is -0.493 e. The Bertz CT molecular complexity index is 952. The van der Waals surface area contributed by atoms with Gasteiger partial charge < -0.3 is 24.3 Å². The SMILES string of the molecule is C=CCc1ccc(OCC(=O)Nc2cc(C(=O)OC)ccc2C(=O)OC)c(OC)c1. The maximum atomic E-state index is 12.4. The minimum absolute atomic E-state index is 0.0878. The van der Waals surface area contributed by atoms with Gasteiger partial charge in [-0.05, 0) is 42.3 Å². The highest BCUT2D eigenvalue weighted by atomic mass is 16.5. The summed E-state index contributed by atoms with van der Waals surface area (Å²) >= 11 is 0. The molecule has 2 rings (SSSR count). The first-order valence-electron chi connectivity index (χ1n) is 8.94. The molecule has 0 aromatic heterocycles. The lowest BCUT2D eigenvalue weighted by Crippen LogP contribution is -2.22. The molecule has 0 spiro atoms. The van der Waals surface area contributed by atoms with Crippen LogP contribution in [-0.4, -0.2) is 45.8 Å². The highest BCUT2D eigenvalue weighted by Gasteiger charge is 2.18. The van der Waals surface area contributed by atoms with Crippen LogP contribution in [0.25, 0.3) is 0 Å². The van der Waals surface area contributed by atoms with Crippen LogP contribution in [0.15, 0.2) is 49.1 Å². The highest BCUT2D eigenvalue weighted by Crippen LogP contribution is 2.28. The van der Waals surface area contributed by atoms with Gasteiger partial charge in [-0.25, -0.2) is 9.59 Å². The number of rotatable bonds is 9. The second-order valence-electron chi connectivity index (χ2n) is 6.06. The maximum Gasteiger partial charge on any atom is 0.339 e. The fourth-order valence-corrected chi connectivity index (χ4v) is 2.63. The molecule has 2 aromatic rings. The first-order valence-corrected chi connectivity index (χ1v) is 8.94. The molecule has 0 aliphatic heterocycles. The molecule has 0 bridgehead atoms. The maximum absolute atomic E-state index is 12.4. The number of allylic oxidation sites excluding steroid dienone is 1. The number of benzene rings is 2. The lowest BCUT2D eigenvalue weighted by Gasteiger charge is -2.14. The Morgan fingerprint density at radius 1 is 0.967 bits per heavy atom. The third kappa shape index (κ3) is 5.60. The van der Waals surface area contributed by atoms with Crippen LogP contribution in [0.5, 0.6) is 11.5 Å². The van der Waals surface area contributed by atoms with Crippen molar-refractivity contribution in [3.63, 3.8) is 0 Å². The largest absolute Gasteiger partial charge is 0.493 e. The van der Waals surface area contributed by atoms with Gasteiger partial charge >= 0.3 is 11.9 Å². The Kier molecular flexibility index (Phi) is 7.99. The number of anilines is 1. The Labute approximate surface area is 174 Å². The van der Waals surface area contributed by atoms with Gasteiger partial charge in [0.15, 0.2) is 18.1 Å². The van der Waals surface area contributed by atoms with Crippen LogP contribution in [-0.2, 0) is 20.7 Å². The van der Waals surface area contributed by atoms with Crippen LogP contribution in [0, 0.1) is 0 Å². The van der Waals surface area contributed by atoms with Gasteiger partial charge in [0.05, 0.1) is 38.1 Å². The monoisotopic (exact) mass is 413 g/mol. The summed E-state index contributed by atoms with van der Waals surface area (Å²) in [6, 6.07) is 9.44. The topological polar surface area (TPSA) is 100 Å². The van der Waals surface area contributed by atoms with Crippen molar-refractivity contribution in [1.29, 1.82) is 0 Å². The van der Waals surface area contributed by atoms with Gasteiger partial charge in [-0.15, -0.1) is 6.58 Å². The zero-order valence-electron chi connectivity index (χ0n) is 17.0. The second kappa shape index (κ2) is 10.7. The molecule has 0 atom stereocenters. The summed E-state index contributed by atoms with van der Waals surface area (Å²) in [5.74, 6) is -0.953. The predicted octanol–water partition coefficient (Wildman–Crippen LogP) is 3.01. The molecule has 0 aliphatic carbocycles. The molecule has 0 heterocycles. The summed E-state index contributed by atoms with van der Waals surface area (Å²) in [6.45, 7) is 3.35. The molecule has 0 saturated heterocycles. The molecule has 0 saturated carbocycles. The fraction of sp³-hybridized carbons (Fsp3) is 0.227. The van der Waals surface area contributed by atoms with Crippen LogP contribution in [0.4, 0.5) is 5.69 Å². The number of carbonyl (C=O) groups is 3. The molecule has 1 N–H and O–H groups in total. The molecule has 0 aliphatic rings. The molecule has 0 fully saturated rings. The van der Waals surface area contributed by atoms with Crippen LogP contribution < -0.4 is 14.8 Å². The third-order valence-corrected chi connectivity index (χ3v) is 4.09. The molecular formula is C22H23NO7. The third-order valence-electron chi connectivity index (χ3n) is 4.09. The molecular weight excluding hydrogens is 390 g/mol. The van der Waals surface area contributed by atoms with Crippen LogP contribution in [0.2, 0.25) is 0 Å². The summed E-state index contributed by atoms with van der Waals surface area (Å²) in [6.07, 6.45) is 2.44. The molecule has 30 heavy (non-hydrogen) atoms. The van der Waals surface area contributed by atoms with E-state index in [-0.39, 0.29) is 23.4 Å². The van der Waals surface area contributed by atoms with Crippen molar-refractivity contribution in [2.75, 3.05) is 33.3 Å². The van der Waals surface area contributed by atoms with E-state index in [0.29, 0.717) is 17.9 Å². The van der Waals surface area contributed by atoms with Crippen molar-refractivity contribution in [3.8, 4) is 11.5 Å². The van der Waals surface area contributed by atoms with Crippen molar-refractivity contribution in [1.82, 2.24) is 0 Å². The van der Waals surface area contributed by atoms with E-state index in [9.17, 15) is 14.4 Å². The van der Waals surface area contributed by atoms with Gasteiger partial charge in [-0.1, -0.05) is 12.1 Å². The van der Waals surface area contributed by atoms with E-state index in [2.05, 4.69) is 16.6 Å². The van der Waals surface area contributed by atoms with Crippen LogP contribution in [0.3, 0.4) is 0 Å². The molecule has 8 heteroatoms. The number of carbonyl (C=O) groups excluding carboxylic acids is 3. The Morgan fingerprint density at radius 2 is 1.70 bits per heavy atom. The summed E-state index contributed by atoms with van der Waals surface area (Å²) < 4.78 is 20.2. The zero-order valence-corrected chi connectivity index (χ0v) is 17.0. The van der Waals surface area contributed by atoms with Gasteiger partial charge in [-0.3, -0.25) is 4.79 Å². The molecule has 158 valence electrons. The highest BCUT2D eigenvalue weighted by molar-refractivity contribution is 6.03. The Balaban J connectivity index is 2.16. The van der Waals surface area contributed by atoms with Gasteiger partial charge in [0.25, 0.3) is 5.91 Å². The summed E-state index contributed by atoms with van der Waals surface area (Å²) in [7, 11) is 3.95. The van der Waals surface area contributed by atoms with Crippen LogP contribution >= 0.6 is 0 Å². The quantitative estimate of drug-likeness (QED) is 0.498. The lowest BCUT2D eigenvalue weighted by molar-refractivity contribution is -0.118. The standard InChI is InChI=1S/C22H23NO7/c1-5-6-14-7-10-18(19(11-14)27-2)30-13-20(24)23-17-12-15(21(25)28-3)8-9-16(17)22(26)29-4/h5,7-12H,1,6,13H2,2-4H3,(H,23,24).